The van der Waals surface area contributed by atoms with Crippen LogP contribution in [0.5, 0.6) is 0 Å². The minimum atomic E-state index is -0.987. The van der Waals surface area contributed by atoms with E-state index in [1.807, 2.05) is 0 Å². The molecule has 0 aromatic heterocycles. The van der Waals surface area contributed by atoms with Crippen molar-refractivity contribution < 1.29 is 24.3 Å². The average molecular weight is 339 g/mol. The summed E-state index contributed by atoms with van der Waals surface area (Å²) < 4.78 is 4.63. The van der Waals surface area contributed by atoms with Crippen molar-refractivity contribution in [1.82, 2.24) is 0 Å². The van der Waals surface area contributed by atoms with E-state index in [1.165, 1.54) is 13.2 Å². The lowest BCUT2D eigenvalue weighted by molar-refractivity contribution is -0.131. The molecule has 0 radical (unpaired) electrons. The number of benzene rings is 2. The SMILES string of the molecule is COC(=O)c1ccc(CO/N=C/c2ccc(/C=C/C(=O)O)cc2)cc1. The van der Waals surface area contributed by atoms with E-state index in [0.717, 1.165) is 22.8 Å². The summed E-state index contributed by atoms with van der Waals surface area (Å²) >= 11 is 0. The number of carbonyl (C=O) groups excluding carboxylic acids is 1. The maximum atomic E-state index is 11.3. The molecule has 0 spiro atoms. The number of aliphatic carboxylic acids is 1. The first-order valence-corrected chi connectivity index (χ1v) is 7.42. The van der Waals surface area contributed by atoms with E-state index in [9.17, 15) is 9.59 Å². The van der Waals surface area contributed by atoms with Crippen LogP contribution < -0.4 is 0 Å². The Hall–Kier alpha value is -3.41. The third kappa shape index (κ3) is 5.95. The lowest BCUT2D eigenvalue weighted by Gasteiger charge is -2.02. The molecule has 2 aromatic carbocycles. The zero-order valence-corrected chi connectivity index (χ0v) is 13.6. The number of nitrogens with zero attached hydrogens (tertiary/aromatic N) is 1. The van der Waals surface area contributed by atoms with Gasteiger partial charge in [0.25, 0.3) is 0 Å². The number of esters is 1. The predicted molar refractivity (Wildman–Crippen MR) is 93.3 cm³/mol. The molecule has 0 saturated heterocycles. The Balaban J connectivity index is 1.84. The van der Waals surface area contributed by atoms with E-state index in [4.69, 9.17) is 9.94 Å². The minimum absolute atomic E-state index is 0.275. The standard InChI is InChI=1S/C19H17NO5/c1-24-19(23)17-9-6-16(7-10-17)13-25-20-12-15-4-2-14(3-5-15)8-11-18(21)22/h2-12H,13H2,1H3,(H,21,22)/b11-8+,20-12+. The molecular weight excluding hydrogens is 322 g/mol. The third-order valence-corrected chi connectivity index (χ3v) is 3.24. The molecule has 25 heavy (non-hydrogen) atoms. The second-order valence-electron chi connectivity index (χ2n) is 5.03. The van der Waals surface area contributed by atoms with Crippen LogP contribution in [0.2, 0.25) is 0 Å². The van der Waals surface area contributed by atoms with Crippen molar-refractivity contribution in [3.63, 3.8) is 0 Å². The predicted octanol–water partition coefficient (Wildman–Crippen LogP) is 3.12. The molecule has 1 N–H and O–H groups in total. The molecule has 2 rings (SSSR count). The van der Waals surface area contributed by atoms with Gasteiger partial charge in [-0.15, -0.1) is 0 Å². The summed E-state index contributed by atoms with van der Waals surface area (Å²) in [5.74, 6) is -1.37. The van der Waals surface area contributed by atoms with Crippen LogP contribution in [0.1, 0.15) is 27.0 Å². The summed E-state index contributed by atoms with van der Waals surface area (Å²) in [4.78, 5) is 27.0. The Bertz CT molecular complexity index is 776. The second-order valence-corrected chi connectivity index (χ2v) is 5.03. The molecule has 2 aromatic rings. The maximum Gasteiger partial charge on any atom is 0.337 e. The van der Waals surface area contributed by atoms with E-state index >= 15 is 0 Å². The number of carbonyl (C=O) groups is 2. The zero-order chi connectivity index (χ0) is 18.1. The quantitative estimate of drug-likeness (QED) is 0.362. The van der Waals surface area contributed by atoms with Gasteiger partial charge in [0.05, 0.1) is 18.9 Å². The van der Waals surface area contributed by atoms with Crippen LogP contribution in [0.25, 0.3) is 6.08 Å². The van der Waals surface area contributed by atoms with Crippen LogP contribution in [0, 0.1) is 0 Å². The fourth-order valence-corrected chi connectivity index (χ4v) is 1.93. The third-order valence-electron chi connectivity index (χ3n) is 3.24. The molecule has 128 valence electrons. The van der Waals surface area contributed by atoms with Gasteiger partial charge >= 0.3 is 11.9 Å². The van der Waals surface area contributed by atoms with Gasteiger partial charge in [-0.25, -0.2) is 9.59 Å². The van der Waals surface area contributed by atoms with Crippen molar-refractivity contribution in [2.45, 2.75) is 6.61 Å². The Morgan fingerprint density at radius 3 is 2.28 bits per heavy atom. The van der Waals surface area contributed by atoms with Gasteiger partial charge in [0.15, 0.2) is 0 Å². The monoisotopic (exact) mass is 339 g/mol. The normalized spacial score (nSPS) is 10.9. The first-order valence-electron chi connectivity index (χ1n) is 7.42. The summed E-state index contributed by atoms with van der Waals surface area (Å²) in [6.45, 7) is 0.275. The fourth-order valence-electron chi connectivity index (χ4n) is 1.93. The summed E-state index contributed by atoms with van der Waals surface area (Å²) in [7, 11) is 1.34. The van der Waals surface area contributed by atoms with Gasteiger partial charge in [0, 0.05) is 6.08 Å². The topological polar surface area (TPSA) is 85.2 Å². The minimum Gasteiger partial charge on any atom is -0.478 e. The molecule has 0 bridgehead atoms. The van der Waals surface area contributed by atoms with Crippen LogP contribution in [0.3, 0.4) is 0 Å². The number of methoxy groups -OCH3 is 1. The van der Waals surface area contributed by atoms with Gasteiger partial charge < -0.3 is 14.7 Å². The highest BCUT2D eigenvalue weighted by atomic mass is 16.6. The number of hydrogen-bond acceptors (Lipinski definition) is 5. The first kappa shape index (κ1) is 17.9. The Labute approximate surface area is 145 Å². The molecule has 0 aliphatic carbocycles. The van der Waals surface area contributed by atoms with Gasteiger partial charge in [0.2, 0.25) is 0 Å². The van der Waals surface area contributed by atoms with Gasteiger partial charge in [-0.2, -0.15) is 0 Å². The van der Waals surface area contributed by atoms with Crippen molar-refractivity contribution >= 4 is 24.2 Å². The van der Waals surface area contributed by atoms with Gasteiger partial charge in [-0.1, -0.05) is 41.6 Å². The highest BCUT2D eigenvalue weighted by molar-refractivity contribution is 5.89. The number of hydrogen-bond donors (Lipinski definition) is 1. The molecule has 6 nitrogen and oxygen atoms in total. The second kappa shape index (κ2) is 9.02. The van der Waals surface area contributed by atoms with Crippen molar-refractivity contribution in [2.75, 3.05) is 7.11 Å². The lowest BCUT2D eigenvalue weighted by atomic mass is 10.1. The fraction of sp³-hybridized carbons (Fsp3) is 0.105. The van der Waals surface area contributed by atoms with E-state index in [-0.39, 0.29) is 12.6 Å². The highest BCUT2D eigenvalue weighted by Crippen LogP contribution is 2.08. The van der Waals surface area contributed by atoms with Crippen LogP contribution in [-0.4, -0.2) is 30.4 Å². The molecule has 0 aliphatic rings. The molecule has 0 aliphatic heterocycles. The Morgan fingerprint density at radius 1 is 1.04 bits per heavy atom. The molecular formula is C19H17NO5. The summed E-state index contributed by atoms with van der Waals surface area (Å²) in [6, 6.07) is 14.0. The number of carboxylic acid groups (broad SMARTS) is 1. The molecule has 0 unspecified atom stereocenters. The highest BCUT2D eigenvalue weighted by Gasteiger charge is 2.04. The van der Waals surface area contributed by atoms with Crippen LogP contribution in [0.15, 0.2) is 59.8 Å². The van der Waals surface area contributed by atoms with E-state index < -0.39 is 5.97 Å². The zero-order valence-electron chi connectivity index (χ0n) is 13.6. The summed E-state index contributed by atoms with van der Waals surface area (Å²) in [6.07, 6.45) is 4.16. The smallest absolute Gasteiger partial charge is 0.337 e. The van der Waals surface area contributed by atoms with Gasteiger partial charge in [-0.05, 0) is 34.9 Å². The van der Waals surface area contributed by atoms with Crippen LogP contribution in [-0.2, 0) is 21.0 Å². The summed E-state index contributed by atoms with van der Waals surface area (Å²) in [5, 5.41) is 12.5. The molecule has 0 heterocycles. The maximum absolute atomic E-state index is 11.3. The van der Waals surface area contributed by atoms with Crippen molar-refractivity contribution in [2.24, 2.45) is 5.16 Å². The van der Waals surface area contributed by atoms with Gasteiger partial charge in [-0.3, -0.25) is 0 Å². The van der Waals surface area contributed by atoms with Crippen LogP contribution >= 0.6 is 0 Å². The number of oxime groups is 1. The van der Waals surface area contributed by atoms with Gasteiger partial charge in [0.1, 0.15) is 6.61 Å². The first-order chi connectivity index (χ1) is 12.1. The van der Waals surface area contributed by atoms with E-state index in [0.29, 0.717) is 5.56 Å². The average Bonchev–Trinajstić information content (AvgIpc) is 2.64. The van der Waals surface area contributed by atoms with Crippen molar-refractivity contribution in [1.29, 1.82) is 0 Å². The number of rotatable bonds is 7. The number of ether oxygens (including phenoxy) is 1. The van der Waals surface area contributed by atoms with Crippen LogP contribution in [0.4, 0.5) is 0 Å². The van der Waals surface area contributed by atoms with Crippen molar-refractivity contribution in [3.8, 4) is 0 Å². The molecule has 0 saturated carbocycles. The number of carboxylic acids is 1. The van der Waals surface area contributed by atoms with Crippen molar-refractivity contribution in [3.05, 3.63) is 76.9 Å². The summed E-state index contributed by atoms with van der Waals surface area (Å²) in [5.41, 5.74) is 2.96. The largest absolute Gasteiger partial charge is 0.478 e. The molecule has 0 atom stereocenters. The van der Waals surface area contributed by atoms with E-state index in [2.05, 4.69) is 9.89 Å². The Morgan fingerprint density at radius 2 is 1.68 bits per heavy atom. The Kier molecular flexibility index (Phi) is 6.47. The van der Waals surface area contributed by atoms with E-state index in [1.54, 1.807) is 54.7 Å². The molecule has 0 amide bonds. The molecule has 0 fully saturated rings. The lowest BCUT2D eigenvalue weighted by Crippen LogP contribution is -2.00. The molecule has 6 heteroatoms.